The Bertz CT molecular complexity index is 443. The van der Waals surface area contributed by atoms with E-state index in [9.17, 15) is 5.11 Å². The fourth-order valence-electron chi connectivity index (χ4n) is 2.96. The number of hydrogen-bond acceptors (Lipinski definition) is 4. The zero-order chi connectivity index (χ0) is 13.8. The van der Waals surface area contributed by atoms with Crippen LogP contribution in [-0.2, 0) is 11.2 Å². The SMILES string of the molecule is OC1CCCc2ccc(OCCN3CCOCC3)cc21. The third-order valence-electron chi connectivity index (χ3n) is 4.18. The molecular weight excluding hydrogens is 254 g/mol. The average Bonchev–Trinajstić information content (AvgIpc) is 2.49. The van der Waals surface area contributed by atoms with Gasteiger partial charge in [-0.05, 0) is 42.5 Å². The number of ether oxygens (including phenoxy) is 2. The van der Waals surface area contributed by atoms with Gasteiger partial charge in [-0.2, -0.15) is 0 Å². The Morgan fingerprint density at radius 2 is 2.15 bits per heavy atom. The molecule has 1 saturated heterocycles. The van der Waals surface area contributed by atoms with Crippen LogP contribution in [0.15, 0.2) is 18.2 Å². The molecule has 1 fully saturated rings. The Morgan fingerprint density at radius 1 is 1.30 bits per heavy atom. The quantitative estimate of drug-likeness (QED) is 0.911. The first-order valence-electron chi connectivity index (χ1n) is 7.57. The predicted molar refractivity (Wildman–Crippen MR) is 77.1 cm³/mol. The first kappa shape index (κ1) is 13.9. The number of benzene rings is 1. The molecule has 1 heterocycles. The van der Waals surface area contributed by atoms with Crippen molar-refractivity contribution in [3.05, 3.63) is 29.3 Å². The maximum absolute atomic E-state index is 10.0. The molecule has 4 nitrogen and oxygen atoms in total. The summed E-state index contributed by atoms with van der Waals surface area (Å²) >= 11 is 0. The molecule has 0 amide bonds. The van der Waals surface area contributed by atoms with Crippen LogP contribution in [0.3, 0.4) is 0 Å². The molecule has 1 aliphatic heterocycles. The maximum atomic E-state index is 10.0. The van der Waals surface area contributed by atoms with Crippen LogP contribution >= 0.6 is 0 Å². The molecule has 1 aliphatic carbocycles. The van der Waals surface area contributed by atoms with Gasteiger partial charge in [0.05, 0.1) is 19.3 Å². The van der Waals surface area contributed by atoms with E-state index in [0.29, 0.717) is 6.61 Å². The van der Waals surface area contributed by atoms with Crippen molar-refractivity contribution in [2.45, 2.75) is 25.4 Å². The van der Waals surface area contributed by atoms with E-state index in [1.807, 2.05) is 12.1 Å². The Labute approximate surface area is 120 Å². The van der Waals surface area contributed by atoms with Gasteiger partial charge in [-0.25, -0.2) is 0 Å². The van der Waals surface area contributed by atoms with Crippen molar-refractivity contribution in [3.8, 4) is 5.75 Å². The van der Waals surface area contributed by atoms with E-state index < -0.39 is 0 Å². The molecule has 20 heavy (non-hydrogen) atoms. The molecule has 0 aromatic heterocycles. The van der Waals surface area contributed by atoms with Gasteiger partial charge in [-0.15, -0.1) is 0 Å². The molecule has 110 valence electrons. The Morgan fingerprint density at radius 3 is 3.00 bits per heavy atom. The normalized spacial score (nSPS) is 23.4. The minimum absolute atomic E-state index is 0.318. The number of fused-ring (bicyclic) bond motifs is 1. The van der Waals surface area contributed by atoms with E-state index in [2.05, 4.69) is 11.0 Å². The van der Waals surface area contributed by atoms with Crippen LogP contribution in [0.2, 0.25) is 0 Å². The van der Waals surface area contributed by atoms with E-state index in [4.69, 9.17) is 9.47 Å². The minimum atomic E-state index is -0.318. The summed E-state index contributed by atoms with van der Waals surface area (Å²) in [7, 11) is 0. The van der Waals surface area contributed by atoms with Crippen molar-refractivity contribution in [2.75, 3.05) is 39.5 Å². The smallest absolute Gasteiger partial charge is 0.119 e. The van der Waals surface area contributed by atoms with Gasteiger partial charge in [0.2, 0.25) is 0 Å². The zero-order valence-corrected chi connectivity index (χ0v) is 11.9. The number of nitrogens with zero attached hydrogens (tertiary/aromatic N) is 1. The lowest BCUT2D eigenvalue weighted by Gasteiger charge is -2.26. The zero-order valence-electron chi connectivity index (χ0n) is 11.9. The third-order valence-corrected chi connectivity index (χ3v) is 4.18. The van der Waals surface area contributed by atoms with Crippen molar-refractivity contribution in [1.29, 1.82) is 0 Å². The number of rotatable bonds is 4. The van der Waals surface area contributed by atoms with Gasteiger partial charge in [-0.1, -0.05) is 6.07 Å². The summed E-state index contributed by atoms with van der Waals surface area (Å²) in [5.41, 5.74) is 2.32. The number of morpholine rings is 1. The monoisotopic (exact) mass is 277 g/mol. The molecule has 0 radical (unpaired) electrons. The molecular formula is C16H23NO3. The second kappa shape index (κ2) is 6.57. The number of aliphatic hydroxyl groups excluding tert-OH is 1. The second-order valence-corrected chi connectivity index (χ2v) is 5.57. The van der Waals surface area contributed by atoms with Gasteiger partial charge in [0.25, 0.3) is 0 Å². The molecule has 1 aromatic carbocycles. The fourth-order valence-corrected chi connectivity index (χ4v) is 2.96. The molecule has 4 heteroatoms. The highest BCUT2D eigenvalue weighted by Crippen LogP contribution is 2.32. The molecule has 0 spiro atoms. The van der Waals surface area contributed by atoms with Gasteiger partial charge in [0.15, 0.2) is 0 Å². The van der Waals surface area contributed by atoms with E-state index >= 15 is 0 Å². The van der Waals surface area contributed by atoms with E-state index in [-0.39, 0.29) is 6.10 Å². The van der Waals surface area contributed by atoms with E-state index in [1.54, 1.807) is 0 Å². The summed E-state index contributed by atoms with van der Waals surface area (Å²) < 4.78 is 11.2. The number of aliphatic hydroxyl groups is 1. The highest BCUT2D eigenvalue weighted by molar-refractivity contribution is 5.38. The highest BCUT2D eigenvalue weighted by Gasteiger charge is 2.18. The van der Waals surface area contributed by atoms with E-state index in [0.717, 1.165) is 63.4 Å². The summed E-state index contributed by atoms with van der Waals surface area (Å²) in [6, 6.07) is 6.14. The number of hydrogen-bond donors (Lipinski definition) is 1. The lowest BCUT2D eigenvalue weighted by Crippen LogP contribution is -2.38. The summed E-state index contributed by atoms with van der Waals surface area (Å²) in [6.45, 7) is 5.26. The van der Waals surface area contributed by atoms with Crippen molar-refractivity contribution < 1.29 is 14.6 Å². The summed E-state index contributed by atoms with van der Waals surface area (Å²) in [5, 5.41) is 10.0. The number of aryl methyl sites for hydroxylation is 1. The van der Waals surface area contributed by atoms with Gasteiger partial charge in [-0.3, -0.25) is 4.90 Å². The van der Waals surface area contributed by atoms with E-state index in [1.165, 1.54) is 5.56 Å². The van der Waals surface area contributed by atoms with Gasteiger partial charge in [0, 0.05) is 19.6 Å². The highest BCUT2D eigenvalue weighted by atomic mass is 16.5. The Balaban J connectivity index is 1.53. The van der Waals surface area contributed by atoms with Crippen LogP contribution in [0.25, 0.3) is 0 Å². The third kappa shape index (κ3) is 3.32. The topological polar surface area (TPSA) is 41.9 Å². The van der Waals surface area contributed by atoms with Crippen LogP contribution in [0.1, 0.15) is 30.1 Å². The van der Waals surface area contributed by atoms with Gasteiger partial charge >= 0.3 is 0 Å². The summed E-state index contributed by atoms with van der Waals surface area (Å²) in [4.78, 5) is 2.36. The lowest BCUT2D eigenvalue weighted by atomic mass is 9.89. The van der Waals surface area contributed by atoms with Crippen molar-refractivity contribution in [3.63, 3.8) is 0 Å². The van der Waals surface area contributed by atoms with Crippen molar-refractivity contribution >= 4 is 0 Å². The van der Waals surface area contributed by atoms with Crippen LogP contribution in [0.5, 0.6) is 5.75 Å². The largest absolute Gasteiger partial charge is 0.492 e. The van der Waals surface area contributed by atoms with Gasteiger partial charge in [0.1, 0.15) is 12.4 Å². The lowest BCUT2D eigenvalue weighted by molar-refractivity contribution is 0.0322. The Kier molecular flexibility index (Phi) is 4.55. The predicted octanol–water partition coefficient (Wildman–Crippen LogP) is 1.77. The second-order valence-electron chi connectivity index (χ2n) is 5.57. The first-order chi connectivity index (χ1) is 9.83. The summed E-state index contributed by atoms with van der Waals surface area (Å²) in [6.07, 6.45) is 2.69. The standard InChI is InChI=1S/C16H23NO3/c18-16-3-1-2-13-4-5-14(12-15(13)16)20-11-8-17-6-9-19-10-7-17/h4-5,12,16,18H,1-3,6-11H2. The molecule has 1 unspecified atom stereocenters. The molecule has 3 rings (SSSR count). The molecule has 1 atom stereocenters. The molecule has 0 saturated carbocycles. The van der Waals surface area contributed by atoms with Crippen LogP contribution < -0.4 is 4.74 Å². The molecule has 1 N–H and O–H groups in total. The van der Waals surface area contributed by atoms with Crippen LogP contribution in [-0.4, -0.2) is 49.5 Å². The van der Waals surface area contributed by atoms with Gasteiger partial charge < -0.3 is 14.6 Å². The first-order valence-corrected chi connectivity index (χ1v) is 7.57. The maximum Gasteiger partial charge on any atom is 0.119 e. The Hall–Kier alpha value is -1.10. The van der Waals surface area contributed by atoms with Crippen molar-refractivity contribution in [2.24, 2.45) is 0 Å². The minimum Gasteiger partial charge on any atom is -0.492 e. The molecule has 0 bridgehead atoms. The molecule has 1 aromatic rings. The van der Waals surface area contributed by atoms with Crippen LogP contribution in [0.4, 0.5) is 0 Å². The summed E-state index contributed by atoms with van der Waals surface area (Å²) in [5.74, 6) is 0.873. The van der Waals surface area contributed by atoms with Crippen LogP contribution in [0, 0.1) is 0 Å². The average molecular weight is 277 g/mol. The molecule has 2 aliphatic rings. The van der Waals surface area contributed by atoms with Crippen molar-refractivity contribution in [1.82, 2.24) is 4.90 Å². The fraction of sp³-hybridized carbons (Fsp3) is 0.625.